The van der Waals surface area contributed by atoms with E-state index in [1.165, 1.54) is 83.6 Å². The molecule has 2 nitrogen and oxygen atoms in total. The average Bonchev–Trinajstić information content (AvgIpc) is 2.83. The molecule has 1 aliphatic heterocycles. The smallest absolute Gasteiger partial charge is 0.100 e. The molecule has 0 N–H and O–H groups in total. The van der Waals surface area contributed by atoms with E-state index in [1.54, 1.807) is 0 Å². The number of rotatable bonds is 13. The van der Waals surface area contributed by atoms with E-state index >= 15 is 0 Å². The third-order valence-corrected chi connectivity index (χ3v) is 4.66. The van der Waals surface area contributed by atoms with E-state index in [9.17, 15) is 0 Å². The van der Waals surface area contributed by atoms with Crippen LogP contribution in [0.2, 0.25) is 0 Å². The van der Waals surface area contributed by atoms with Gasteiger partial charge in [-0.2, -0.15) is 0 Å². The fourth-order valence-corrected chi connectivity index (χ4v) is 3.26. The molecule has 0 aromatic carbocycles. The van der Waals surface area contributed by atoms with Gasteiger partial charge in [0.2, 0.25) is 0 Å². The van der Waals surface area contributed by atoms with Gasteiger partial charge in [-0.1, -0.05) is 78.1 Å². The molecule has 0 radical (unpaired) electrons. The third-order valence-electron chi connectivity index (χ3n) is 4.66. The van der Waals surface area contributed by atoms with Crippen LogP contribution in [0.5, 0.6) is 0 Å². The maximum Gasteiger partial charge on any atom is 0.100 e. The Kier molecular flexibility index (Phi) is 10.5. The van der Waals surface area contributed by atoms with Crippen molar-refractivity contribution in [3.63, 3.8) is 0 Å². The Labute approximate surface area is 133 Å². The molecule has 1 aliphatic rings. The van der Waals surface area contributed by atoms with Crippen LogP contribution in [0, 0.1) is 0 Å². The zero-order valence-corrected chi connectivity index (χ0v) is 14.8. The maximum absolute atomic E-state index is 2.54. The lowest BCUT2D eigenvalue weighted by Crippen LogP contribution is -2.36. The van der Waals surface area contributed by atoms with Gasteiger partial charge < -0.3 is 9.80 Å². The molecule has 21 heavy (non-hydrogen) atoms. The Hall–Kier alpha value is -0.660. The second kappa shape index (κ2) is 11.9. The van der Waals surface area contributed by atoms with Gasteiger partial charge in [-0.15, -0.1) is 0 Å². The molecule has 1 rings (SSSR count). The molecular formula is C19H38N2. The van der Waals surface area contributed by atoms with Crippen LogP contribution in [0.3, 0.4) is 0 Å². The minimum atomic E-state index is 0.619. The first-order chi connectivity index (χ1) is 10.3. The fraction of sp³-hybridized carbons (Fsp3) is 0.895. The first-order valence-electron chi connectivity index (χ1n) is 9.45. The highest BCUT2D eigenvalue weighted by Gasteiger charge is 2.21. The van der Waals surface area contributed by atoms with Gasteiger partial charge in [0.05, 0.1) is 0 Å². The summed E-state index contributed by atoms with van der Waals surface area (Å²) in [5, 5.41) is 0. The summed E-state index contributed by atoms with van der Waals surface area (Å²) < 4.78 is 0. The van der Waals surface area contributed by atoms with Gasteiger partial charge in [-0.25, -0.2) is 0 Å². The van der Waals surface area contributed by atoms with Gasteiger partial charge in [-0.3, -0.25) is 0 Å². The van der Waals surface area contributed by atoms with E-state index in [4.69, 9.17) is 0 Å². The van der Waals surface area contributed by atoms with Crippen molar-refractivity contribution in [2.24, 2.45) is 0 Å². The van der Waals surface area contributed by atoms with Gasteiger partial charge in [0, 0.05) is 26.0 Å². The second-order valence-corrected chi connectivity index (χ2v) is 6.65. The predicted octanol–water partition coefficient (Wildman–Crippen LogP) is 5.75. The van der Waals surface area contributed by atoms with Gasteiger partial charge in [0.1, 0.15) is 6.17 Å². The molecule has 124 valence electrons. The summed E-state index contributed by atoms with van der Waals surface area (Å²) >= 11 is 0. The predicted molar refractivity (Wildman–Crippen MR) is 94.1 cm³/mol. The van der Waals surface area contributed by atoms with Crippen molar-refractivity contribution >= 4 is 0 Å². The van der Waals surface area contributed by atoms with Crippen molar-refractivity contribution in [2.75, 3.05) is 13.6 Å². The van der Waals surface area contributed by atoms with Crippen LogP contribution in [0.4, 0.5) is 0 Å². The summed E-state index contributed by atoms with van der Waals surface area (Å²) in [7, 11) is 2.20. The monoisotopic (exact) mass is 294 g/mol. The molecule has 1 heterocycles. The van der Waals surface area contributed by atoms with Crippen LogP contribution in [0.15, 0.2) is 12.4 Å². The molecule has 0 saturated carbocycles. The molecular weight excluding hydrogens is 256 g/mol. The van der Waals surface area contributed by atoms with E-state index in [2.05, 4.69) is 43.1 Å². The van der Waals surface area contributed by atoms with Crippen molar-refractivity contribution in [3.8, 4) is 0 Å². The zero-order valence-electron chi connectivity index (χ0n) is 14.8. The standard InChI is InChI=1S/C19H38N2/c1-4-6-7-8-9-10-11-12-13-14-16-21-18-17-20(3)19(21)15-5-2/h17-19H,4-16H2,1-3H3. The summed E-state index contributed by atoms with van der Waals surface area (Å²) in [6, 6.07) is 0. The molecule has 0 spiro atoms. The molecule has 0 aliphatic carbocycles. The van der Waals surface area contributed by atoms with E-state index in [-0.39, 0.29) is 0 Å². The number of nitrogens with zero attached hydrogens (tertiary/aromatic N) is 2. The molecule has 0 amide bonds. The SMILES string of the molecule is CCCCCCCCCCCCN1C=CN(C)C1CCC. The van der Waals surface area contributed by atoms with Gasteiger partial charge in [-0.05, 0) is 12.8 Å². The van der Waals surface area contributed by atoms with Gasteiger partial charge in [0.25, 0.3) is 0 Å². The Balaban J connectivity index is 1.93. The van der Waals surface area contributed by atoms with Crippen LogP contribution < -0.4 is 0 Å². The Morgan fingerprint density at radius 1 is 0.714 bits per heavy atom. The number of hydrogen-bond donors (Lipinski definition) is 0. The van der Waals surface area contributed by atoms with E-state index in [0.29, 0.717) is 6.17 Å². The Morgan fingerprint density at radius 2 is 1.29 bits per heavy atom. The molecule has 0 aromatic heterocycles. The molecule has 0 bridgehead atoms. The van der Waals surface area contributed by atoms with E-state index in [0.717, 1.165) is 0 Å². The van der Waals surface area contributed by atoms with Crippen LogP contribution in [0.1, 0.15) is 90.9 Å². The first-order valence-corrected chi connectivity index (χ1v) is 9.45. The van der Waals surface area contributed by atoms with Gasteiger partial charge >= 0.3 is 0 Å². The van der Waals surface area contributed by atoms with Crippen LogP contribution >= 0.6 is 0 Å². The highest BCUT2D eigenvalue weighted by Crippen LogP contribution is 2.19. The molecule has 1 atom stereocenters. The average molecular weight is 295 g/mol. The second-order valence-electron chi connectivity index (χ2n) is 6.65. The summed E-state index contributed by atoms with van der Waals surface area (Å²) in [5.74, 6) is 0. The van der Waals surface area contributed by atoms with Crippen LogP contribution in [-0.2, 0) is 0 Å². The summed E-state index contributed by atoms with van der Waals surface area (Å²) in [6.07, 6.45) is 21.9. The quantitative estimate of drug-likeness (QED) is 0.399. The topological polar surface area (TPSA) is 6.48 Å². The third kappa shape index (κ3) is 7.78. The molecule has 0 aromatic rings. The van der Waals surface area contributed by atoms with Crippen LogP contribution in [-0.4, -0.2) is 29.6 Å². The minimum absolute atomic E-state index is 0.619. The summed E-state index contributed by atoms with van der Waals surface area (Å²) in [4.78, 5) is 4.90. The lowest BCUT2D eigenvalue weighted by atomic mass is 10.1. The Bertz CT molecular complexity index is 262. The zero-order chi connectivity index (χ0) is 15.3. The van der Waals surface area contributed by atoms with E-state index in [1.807, 2.05) is 0 Å². The highest BCUT2D eigenvalue weighted by molar-refractivity contribution is 4.95. The van der Waals surface area contributed by atoms with Crippen molar-refractivity contribution in [3.05, 3.63) is 12.4 Å². The van der Waals surface area contributed by atoms with Gasteiger partial charge in [0.15, 0.2) is 0 Å². The normalized spacial score (nSPS) is 18.0. The van der Waals surface area contributed by atoms with Crippen molar-refractivity contribution in [1.82, 2.24) is 9.80 Å². The molecule has 2 heteroatoms. The summed E-state index contributed by atoms with van der Waals surface area (Å²) in [6.45, 7) is 5.81. The first kappa shape index (κ1) is 18.4. The van der Waals surface area contributed by atoms with Crippen molar-refractivity contribution in [1.29, 1.82) is 0 Å². The van der Waals surface area contributed by atoms with E-state index < -0.39 is 0 Å². The molecule has 0 fully saturated rings. The minimum Gasteiger partial charge on any atom is -0.359 e. The van der Waals surface area contributed by atoms with Crippen molar-refractivity contribution < 1.29 is 0 Å². The maximum atomic E-state index is 2.54. The molecule has 0 saturated heterocycles. The fourth-order valence-electron chi connectivity index (χ4n) is 3.26. The van der Waals surface area contributed by atoms with Crippen molar-refractivity contribution in [2.45, 2.75) is 97.1 Å². The molecule has 1 unspecified atom stereocenters. The largest absolute Gasteiger partial charge is 0.359 e. The van der Waals surface area contributed by atoms with Crippen LogP contribution in [0.25, 0.3) is 0 Å². The lowest BCUT2D eigenvalue weighted by molar-refractivity contribution is 0.162. The lowest BCUT2D eigenvalue weighted by Gasteiger charge is -2.30. The highest BCUT2D eigenvalue weighted by atomic mass is 15.4. The number of unbranched alkanes of at least 4 members (excludes halogenated alkanes) is 9. The summed E-state index contributed by atoms with van der Waals surface area (Å²) in [5.41, 5.74) is 0. The number of hydrogen-bond acceptors (Lipinski definition) is 2. The Morgan fingerprint density at radius 3 is 1.86 bits per heavy atom.